The Balaban J connectivity index is 2.64. The lowest BCUT2D eigenvalue weighted by atomic mass is 10.2. The van der Waals surface area contributed by atoms with E-state index >= 15 is 0 Å². The van der Waals surface area contributed by atoms with Crippen LogP contribution in [-0.4, -0.2) is 5.78 Å². The van der Waals surface area contributed by atoms with Crippen molar-refractivity contribution in [3.8, 4) is 0 Å². The Bertz CT molecular complexity index is 272. The summed E-state index contributed by atoms with van der Waals surface area (Å²) in [4.78, 5) is 10.8. The molecule has 0 aliphatic rings. The average Bonchev–Trinajstić information content (AvgIpc) is 2.16. The summed E-state index contributed by atoms with van der Waals surface area (Å²) in [6, 6.07) is 9.73. The highest BCUT2D eigenvalue weighted by Crippen LogP contribution is 2.00. The van der Waals surface area contributed by atoms with Crippen LogP contribution in [0.5, 0.6) is 0 Å². The highest BCUT2D eigenvalue weighted by molar-refractivity contribution is 5.93. The summed E-state index contributed by atoms with van der Waals surface area (Å²) in [5.41, 5.74) is 1.04. The van der Waals surface area contributed by atoms with Crippen LogP contribution in [-0.2, 0) is 4.79 Å². The zero-order valence-electron chi connectivity index (χ0n) is 6.86. The first kappa shape index (κ1) is 8.72. The number of hydrogen-bond donors (Lipinski definition) is 0. The van der Waals surface area contributed by atoms with E-state index in [0.29, 0.717) is 6.42 Å². The summed E-state index contributed by atoms with van der Waals surface area (Å²) in [5, 5.41) is 0. The van der Waals surface area contributed by atoms with Crippen LogP contribution in [0, 0.1) is 6.92 Å². The molecule has 0 atom stereocenters. The van der Waals surface area contributed by atoms with Gasteiger partial charge in [-0.05, 0) is 18.6 Å². The van der Waals surface area contributed by atoms with E-state index in [1.807, 2.05) is 30.3 Å². The molecule has 1 radical (unpaired) electrons. The molecule has 0 spiro atoms. The van der Waals surface area contributed by atoms with E-state index in [2.05, 4.69) is 6.92 Å². The summed E-state index contributed by atoms with van der Waals surface area (Å²) in [5.74, 6) is 0.0545. The highest BCUT2D eigenvalue weighted by Gasteiger charge is 1.89. The summed E-state index contributed by atoms with van der Waals surface area (Å²) >= 11 is 0. The zero-order chi connectivity index (χ0) is 8.81. The van der Waals surface area contributed by atoms with Gasteiger partial charge < -0.3 is 0 Å². The van der Waals surface area contributed by atoms with Gasteiger partial charge in [0.1, 0.15) is 0 Å². The molecule has 1 rings (SSSR count). The highest BCUT2D eigenvalue weighted by atomic mass is 16.1. The van der Waals surface area contributed by atoms with Crippen molar-refractivity contribution in [1.29, 1.82) is 0 Å². The zero-order valence-corrected chi connectivity index (χ0v) is 6.86. The third kappa shape index (κ3) is 2.70. The van der Waals surface area contributed by atoms with E-state index in [4.69, 9.17) is 0 Å². The second kappa shape index (κ2) is 4.50. The van der Waals surface area contributed by atoms with Crippen molar-refractivity contribution in [2.45, 2.75) is 6.42 Å². The minimum Gasteiger partial charge on any atom is -0.295 e. The maximum atomic E-state index is 10.8. The Kier molecular flexibility index (Phi) is 3.27. The average molecular weight is 159 g/mol. The van der Waals surface area contributed by atoms with E-state index in [0.717, 1.165) is 5.56 Å². The third-order valence-electron chi connectivity index (χ3n) is 1.51. The molecule has 0 saturated carbocycles. The molecular weight excluding hydrogens is 148 g/mol. The Morgan fingerprint density at radius 3 is 2.58 bits per heavy atom. The van der Waals surface area contributed by atoms with Crippen molar-refractivity contribution >= 4 is 11.9 Å². The number of ketones is 1. The van der Waals surface area contributed by atoms with Crippen molar-refractivity contribution in [1.82, 2.24) is 0 Å². The molecule has 0 saturated heterocycles. The molecule has 0 aliphatic heterocycles. The van der Waals surface area contributed by atoms with Gasteiger partial charge in [0.2, 0.25) is 0 Å². The summed E-state index contributed by atoms with van der Waals surface area (Å²) < 4.78 is 0. The van der Waals surface area contributed by atoms with E-state index in [1.54, 1.807) is 12.2 Å². The molecule has 0 heterocycles. The van der Waals surface area contributed by atoms with Crippen molar-refractivity contribution < 1.29 is 4.79 Å². The lowest BCUT2D eigenvalue weighted by Gasteiger charge is -1.89. The standard InChI is InChI=1S/C11H11O/c1-2-11(12)9-8-10-6-4-3-5-7-10/h3-9H,1-2H2. The maximum absolute atomic E-state index is 10.8. The summed E-state index contributed by atoms with van der Waals surface area (Å²) in [6.07, 6.45) is 3.68. The fourth-order valence-electron chi connectivity index (χ4n) is 0.837. The molecular formula is C11H11O. The van der Waals surface area contributed by atoms with Crippen LogP contribution < -0.4 is 0 Å². The van der Waals surface area contributed by atoms with Gasteiger partial charge in [0.25, 0.3) is 0 Å². The molecule has 1 aromatic rings. The molecule has 0 fully saturated rings. The minimum absolute atomic E-state index is 0.0545. The van der Waals surface area contributed by atoms with E-state index in [-0.39, 0.29) is 5.78 Å². The van der Waals surface area contributed by atoms with Crippen LogP contribution >= 0.6 is 0 Å². The third-order valence-corrected chi connectivity index (χ3v) is 1.51. The van der Waals surface area contributed by atoms with Crippen molar-refractivity contribution in [2.75, 3.05) is 0 Å². The van der Waals surface area contributed by atoms with Gasteiger partial charge in [-0.2, -0.15) is 0 Å². The fourth-order valence-corrected chi connectivity index (χ4v) is 0.837. The topological polar surface area (TPSA) is 17.1 Å². The van der Waals surface area contributed by atoms with E-state index in [9.17, 15) is 4.79 Å². The number of allylic oxidation sites excluding steroid dienone is 1. The van der Waals surface area contributed by atoms with Gasteiger partial charge in [0, 0.05) is 6.42 Å². The predicted octanol–water partition coefficient (Wildman–Crippen LogP) is 2.49. The van der Waals surface area contributed by atoms with Gasteiger partial charge in [-0.25, -0.2) is 0 Å². The molecule has 0 unspecified atom stereocenters. The molecule has 1 nitrogen and oxygen atoms in total. The Morgan fingerprint density at radius 2 is 2.00 bits per heavy atom. The van der Waals surface area contributed by atoms with Crippen LogP contribution in [0.3, 0.4) is 0 Å². The summed E-state index contributed by atoms with van der Waals surface area (Å²) in [6.45, 7) is 3.50. The van der Waals surface area contributed by atoms with Crippen LogP contribution in [0.25, 0.3) is 6.08 Å². The molecule has 0 aliphatic carbocycles. The molecule has 0 aromatic heterocycles. The number of rotatable bonds is 3. The summed E-state index contributed by atoms with van der Waals surface area (Å²) in [7, 11) is 0. The lowest BCUT2D eigenvalue weighted by Crippen LogP contribution is -1.86. The Hall–Kier alpha value is -1.37. The van der Waals surface area contributed by atoms with Crippen LogP contribution in [0.2, 0.25) is 0 Å². The van der Waals surface area contributed by atoms with E-state index < -0.39 is 0 Å². The molecule has 1 heteroatoms. The first-order valence-corrected chi connectivity index (χ1v) is 3.88. The van der Waals surface area contributed by atoms with Crippen molar-refractivity contribution in [3.05, 3.63) is 48.9 Å². The van der Waals surface area contributed by atoms with Gasteiger partial charge in [-0.3, -0.25) is 4.79 Å². The largest absolute Gasteiger partial charge is 0.295 e. The van der Waals surface area contributed by atoms with Crippen LogP contribution in [0.15, 0.2) is 36.4 Å². The minimum atomic E-state index is 0.0545. The Morgan fingerprint density at radius 1 is 1.33 bits per heavy atom. The molecule has 0 N–H and O–H groups in total. The van der Waals surface area contributed by atoms with Crippen molar-refractivity contribution in [2.24, 2.45) is 0 Å². The van der Waals surface area contributed by atoms with Gasteiger partial charge in [0.15, 0.2) is 5.78 Å². The van der Waals surface area contributed by atoms with Crippen LogP contribution in [0.4, 0.5) is 0 Å². The molecule has 12 heavy (non-hydrogen) atoms. The molecule has 0 bridgehead atoms. The van der Waals surface area contributed by atoms with Gasteiger partial charge in [-0.15, -0.1) is 0 Å². The Labute approximate surface area is 72.7 Å². The van der Waals surface area contributed by atoms with E-state index in [1.165, 1.54) is 0 Å². The van der Waals surface area contributed by atoms with Crippen LogP contribution in [0.1, 0.15) is 12.0 Å². The second-order valence-electron chi connectivity index (χ2n) is 2.46. The number of benzene rings is 1. The smallest absolute Gasteiger partial charge is 0.155 e. The normalized spacial score (nSPS) is 10.4. The maximum Gasteiger partial charge on any atom is 0.155 e. The van der Waals surface area contributed by atoms with Gasteiger partial charge in [-0.1, -0.05) is 36.4 Å². The first-order valence-electron chi connectivity index (χ1n) is 3.88. The predicted molar refractivity (Wildman–Crippen MR) is 50.5 cm³/mol. The number of carbonyl (C=O) groups excluding carboxylic acids is 1. The second-order valence-corrected chi connectivity index (χ2v) is 2.46. The molecule has 1 aromatic carbocycles. The fraction of sp³-hybridized carbons (Fsp3) is 0.0909. The molecule has 0 amide bonds. The SMILES string of the molecule is [CH2]CC(=O)C=Cc1ccccc1. The monoisotopic (exact) mass is 159 g/mol. The quantitative estimate of drug-likeness (QED) is 0.619. The first-order chi connectivity index (χ1) is 5.83. The van der Waals surface area contributed by atoms with Crippen molar-refractivity contribution in [3.63, 3.8) is 0 Å². The van der Waals surface area contributed by atoms with Gasteiger partial charge in [0.05, 0.1) is 0 Å². The lowest BCUT2D eigenvalue weighted by molar-refractivity contribution is -0.113. The van der Waals surface area contributed by atoms with Gasteiger partial charge >= 0.3 is 0 Å². The molecule has 61 valence electrons. The number of hydrogen-bond acceptors (Lipinski definition) is 1. The number of carbonyl (C=O) groups is 1.